The molecule has 0 aromatic heterocycles. The molecule has 1 N–H and O–H groups in total. The molecule has 1 aliphatic heterocycles. The lowest BCUT2D eigenvalue weighted by atomic mass is 10.2. The Labute approximate surface area is 137 Å². The minimum atomic E-state index is 0.0166. The van der Waals surface area contributed by atoms with Crippen LogP contribution in [0, 0.1) is 0 Å². The fourth-order valence-corrected chi connectivity index (χ4v) is 3.22. The quantitative estimate of drug-likeness (QED) is 0.942. The molecule has 1 amide bonds. The third kappa shape index (κ3) is 3.37. The van der Waals surface area contributed by atoms with Gasteiger partial charge in [-0.15, -0.1) is 0 Å². The number of nitrogens with one attached hydrogen (secondary N) is 1. The van der Waals surface area contributed by atoms with Crippen molar-refractivity contribution in [1.29, 1.82) is 0 Å². The molecule has 0 unspecified atom stereocenters. The predicted octanol–water partition coefficient (Wildman–Crippen LogP) is 3.16. The first-order valence-corrected chi connectivity index (χ1v) is 8.08. The van der Waals surface area contributed by atoms with Crippen molar-refractivity contribution in [1.82, 2.24) is 10.3 Å². The molecule has 1 fully saturated rings. The van der Waals surface area contributed by atoms with Crippen LogP contribution >= 0.6 is 0 Å². The number of benzene rings is 2. The summed E-state index contributed by atoms with van der Waals surface area (Å²) in [5, 5.41) is 7.48. The first-order chi connectivity index (χ1) is 11.2. The van der Waals surface area contributed by atoms with Crippen LogP contribution in [0.2, 0.25) is 0 Å². The van der Waals surface area contributed by atoms with E-state index in [9.17, 15) is 4.79 Å². The zero-order chi connectivity index (χ0) is 16.2. The maximum atomic E-state index is 12.2. The number of hydrazine groups is 1. The van der Waals surface area contributed by atoms with Gasteiger partial charge in [-0.2, -0.15) is 0 Å². The molecule has 2 atom stereocenters. The van der Waals surface area contributed by atoms with Gasteiger partial charge in [0.15, 0.2) is 0 Å². The smallest absolute Gasteiger partial charge is 0.239 e. The number of carbonyl (C=O) groups is 1. The average Bonchev–Trinajstić information content (AvgIpc) is 2.91. The highest BCUT2D eigenvalue weighted by atomic mass is 16.2. The summed E-state index contributed by atoms with van der Waals surface area (Å²) in [7, 11) is 0. The highest BCUT2D eigenvalue weighted by Gasteiger charge is 2.38. The number of carbonyl (C=O) groups excluding carboxylic acids is 1. The number of rotatable bonds is 4. The molecular weight excluding hydrogens is 286 g/mol. The maximum Gasteiger partial charge on any atom is 0.239 e. The first kappa shape index (κ1) is 15.6. The summed E-state index contributed by atoms with van der Waals surface area (Å²) < 4.78 is 0. The van der Waals surface area contributed by atoms with Crippen LogP contribution < -0.4 is 10.3 Å². The van der Waals surface area contributed by atoms with E-state index >= 15 is 0 Å². The van der Waals surface area contributed by atoms with Gasteiger partial charge >= 0.3 is 0 Å². The Kier molecular flexibility index (Phi) is 4.63. The summed E-state index contributed by atoms with van der Waals surface area (Å²) in [4.78, 5) is 12.2. The van der Waals surface area contributed by atoms with E-state index in [0.29, 0.717) is 0 Å². The van der Waals surface area contributed by atoms with Gasteiger partial charge in [0.1, 0.15) is 6.17 Å². The molecular formula is C19H23N3O. The standard InChI is InChI=1S/C19H23N3O/c1-15-13-19(20-14-17-9-5-3-6-10-17)22(16(2)23)21(15)18-11-7-4-8-12-18/h3-12,15,19-20H,13-14H2,1-2H3/t15-,19+/m1/s1. The Morgan fingerprint density at radius 3 is 2.30 bits per heavy atom. The number of hydrogen-bond acceptors (Lipinski definition) is 3. The van der Waals surface area contributed by atoms with Crippen LogP contribution in [-0.4, -0.2) is 23.1 Å². The number of amides is 1. The Hall–Kier alpha value is -2.33. The van der Waals surface area contributed by atoms with E-state index in [0.717, 1.165) is 18.7 Å². The largest absolute Gasteiger partial charge is 0.291 e. The second-order valence-electron chi connectivity index (χ2n) is 6.01. The van der Waals surface area contributed by atoms with Crippen LogP contribution in [0.4, 0.5) is 5.69 Å². The monoisotopic (exact) mass is 309 g/mol. The van der Waals surface area contributed by atoms with Crippen LogP contribution in [0.1, 0.15) is 25.8 Å². The second-order valence-corrected chi connectivity index (χ2v) is 6.01. The topological polar surface area (TPSA) is 35.6 Å². The molecule has 0 aliphatic carbocycles. The summed E-state index contributed by atoms with van der Waals surface area (Å²) >= 11 is 0. The van der Waals surface area contributed by atoms with Gasteiger partial charge in [0, 0.05) is 19.9 Å². The molecule has 3 rings (SSSR count). The summed E-state index contributed by atoms with van der Waals surface area (Å²) in [6.07, 6.45) is 0.921. The molecule has 4 heteroatoms. The van der Waals surface area contributed by atoms with Crippen LogP contribution in [0.25, 0.3) is 0 Å². The Bertz CT molecular complexity index is 644. The van der Waals surface area contributed by atoms with Crippen molar-refractivity contribution in [3.8, 4) is 0 Å². The molecule has 2 aromatic carbocycles. The van der Waals surface area contributed by atoms with Gasteiger partial charge in [-0.05, 0) is 24.6 Å². The average molecular weight is 309 g/mol. The van der Waals surface area contributed by atoms with Crippen LogP contribution in [0.3, 0.4) is 0 Å². The number of hydrogen-bond donors (Lipinski definition) is 1. The van der Waals surface area contributed by atoms with Crippen molar-refractivity contribution in [3.05, 3.63) is 66.2 Å². The second kappa shape index (κ2) is 6.84. The van der Waals surface area contributed by atoms with E-state index in [4.69, 9.17) is 0 Å². The van der Waals surface area contributed by atoms with Crippen molar-refractivity contribution in [2.24, 2.45) is 0 Å². The van der Waals surface area contributed by atoms with Gasteiger partial charge in [0.05, 0.1) is 11.7 Å². The first-order valence-electron chi connectivity index (χ1n) is 8.08. The van der Waals surface area contributed by atoms with Gasteiger partial charge in [0.25, 0.3) is 0 Å². The molecule has 120 valence electrons. The number of nitrogens with zero attached hydrogens (tertiary/aromatic N) is 2. The molecule has 0 radical (unpaired) electrons. The highest BCUT2D eigenvalue weighted by Crippen LogP contribution is 2.29. The Morgan fingerprint density at radius 2 is 1.70 bits per heavy atom. The molecule has 0 saturated carbocycles. The van der Waals surface area contributed by atoms with Gasteiger partial charge < -0.3 is 0 Å². The van der Waals surface area contributed by atoms with Gasteiger partial charge in [0.2, 0.25) is 5.91 Å². The van der Waals surface area contributed by atoms with E-state index < -0.39 is 0 Å². The molecule has 23 heavy (non-hydrogen) atoms. The van der Waals surface area contributed by atoms with Crippen LogP contribution in [0.15, 0.2) is 60.7 Å². The molecule has 1 heterocycles. The summed E-state index contributed by atoms with van der Waals surface area (Å²) in [6.45, 7) is 4.54. The van der Waals surface area contributed by atoms with Crippen molar-refractivity contribution < 1.29 is 4.79 Å². The van der Waals surface area contributed by atoms with E-state index in [1.165, 1.54) is 5.56 Å². The fraction of sp³-hybridized carbons (Fsp3) is 0.316. The SMILES string of the molecule is CC(=O)N1[C@H](NCc2ccccc2)C[C@@H](C)N1c1ccccc1. The molecule has 2 aromatic rings. The van der Waals surface area contributed by atoms with E-state index in [1.54, 1.807) is 6.92 Å². The highest BCUT2D eigenvalue weighted by molar-refractivity contribution is 5.76. The lowest BCUT2D eigenvalue weighted by molar-refractivity contribution is -0.131. The third-order valence-corrected chi connectivity index (χ3v) is 4.24. The zero-order valence-corrected chi connectivity index (χ0v) is 13.6. The summed E-state index contributed by atoms with van der Waals surface area (Å²) in [6, 6.07) is 20.6. The normalized spacial score (nSPS) is 20.8. The molecule has 0 spiro atoms. The van der Waals surface area contributed by atoms with Crippen molar-refractivity contribution in [2.75, 3.05) is 5.01 Å². The zero-order valence-electron chi connectivity index (χ0n) is 13.6. The van der Waals surface area contributed by atoms with E-state index in [-0.39, 0.29) is 18.1 Å². The fourth-order valence-electron chi connectivity index (χ4n) is 3.22. The number of anilines is 1. The molecule has 1 saturated heterocycles. The maximum absolute atomic E-state index is 12.2. The number of para-hydroxylation sites is 1. The lowest BCUT2D eigenvalue weighted by Gasteiger charge is -2.35. The molecule has 1 aliphatic rings. The molecule has 0 bridgehead atoms. The van der Waals surface area contributed by atoms with Crippen LogP contribution in [0.5, 0.6) is 0 Å². The summed E-state index contributed by atoms with van der Waals surface area (Å²) in [5.41, 5.74) is 2.28. The Morgan fingerprint density at radius 1 is 1.09 bits per heavy atom. The van der Waals surface area contributed by atoms with Gasteiger partial charge in [-0.1, -0.05) is 48.5 Å². The van der Waals surface area contributed by atoms with Crippen LogP contribution in [-0.2, 0) is 11.3 Å². The third-order valence-electron chi connectivity index (χ3n) is 4.24. The van der Waals surface area contributed by atoms with Gasteiger partial charge in [-0.25, -0.2) is 5.01 Å². The molecule has 4 nitrogen and oxygen atoms in total. The minimum Gasteiger partial charge on any atom is -0.291 e. The van der Waals surface area contributed by atoms with E-state index in [2.05, 4.69) is 29.4 Å². The minimum absolute atomic E-state index is 0.0166. The van der Waals surface area contributed by atoms with Crippen molar-refractivity contribution >= 4 is 11.6 Å². The Balaban J connectivity index is 1.77. The van der Waals surface area contributed by atoms with Crippen molar-refractivity contribution in [3.63, 3.8) is 0 Å². The lowest BCUT2D eigenvalue weighted by Crippen LogP contribution is -2.50. The van der Waals surface area contributed by atoms with E-state index in [1.807, 2.05) is 53.5 Å². The predicted molar refractivity (Wildman–Crippen MR) is 92.6 cm³/mol. The summed E-state index contributed by atoms with van der Waals surface area (Å²) in [5.74, 6) is 0.0590. The van der Waals surface area contributed by atoms with Crippen molar-refractivity contribution in [2.45, 2.75) is 39.0 Å². The van der Waals surface area contributed by atoms with Gasteiger partial charge in [-0.3, -0.25) is 15.1 Å².